The van der Waals surface area contributed by atoms with Crippen LogP contribution in [0.2, 0.25) is 0 Å². The molecule has 1 aromatic carbocycles. The summed E-state index contributed by atoms with van der Waals surface area (Å²) in [5.74, 6) is 5.93. The Labute approximate surface area is 106 Å². The number of benzene rings is 1. The Bertz CT molecular complexity index is 417. The minimum absolute atomic E-state index is 0.0432. The third kappa shape index (κ3) is 5.43. The monoisotopic (exact) mass is 249 g/mol. The van der Waals surface area contributed by atoms with Crippen molar-refractivity contribution in [1.29, 1.82) is 0 Å². The molecule has 0 radical (unpaired) electrons. The van der Waals surface area contributed by atoms with Crippen molar-refractivity contribution in [1.82, 2.24) is 5.32 Å². The van der Waals surface area contributed by atoms with Gasteiger partial charge < -0.3 is 10.4 Å². The van der Waals surface area contributed by atoms with Crippen molar-refractivity contribution < 1.29 is 9.90 Å². The summed E-state index contributed by atoms with van der Waals surface area (Å²) in [6.45, 7) is 0.402. The predicted octanol–water partition coefficient (Wildman–Crippen LogP) is 1.01. The van der Waals surface area contributed by atoms with Crippen LogP contribution in [-0.2, 0) is 11.3 Å². The molecule has 1 aromatic rings. The van der Waals surface area contributed by atoms with Crippen LogP contribution in [0, 0.1) is 11.8 Å². The largest absolute Gasteiger partial charge is 0.384 e. The number of aliphatic hydroxyl groups excluding tert-OH is 1. The van der Waals surface area contributed by atoms with Gasteiger partial charge in [-0.3, -0.25) is 4.79 Å². The number of carbonyl (C=O) groups is 1. The maximum absolute atomic E-state index is 11.2. The van der Waals surface area contributed by atoms with Gasteiger partial charge in [0.1, 0.15) is 6.61 Å². The second kappa shape index (κ2) is 7.77. The lowest BCUT2D eigenvalue weighted by atomic mass is 10.1. The summed E-state index contributed by atoms with van der Waals surface area (Å²) in [4.78, 5) is 11.2. The van der Waals surface area contributed by atoms with E-state index in [0.29, 0.717) is 12.3 Å². The van der Waals surface area contributed by atoms with Crippen LogP contribution >= 0.6 is 11.8 Å². The SMILES string of the molecule is CSCC(=O)NCc1ccc(C#CCO)cc1. The predicted molar refractivity (Wildman–Crippen MR) is 70.6 cm³/mol. The van der Waals surface area contributed by atoms with Crippen molar-refractivity contribution in [2.24, 2.45) is 0 Å². The van der Waals surface area contributed by atoms with Gasteiger partial charge in [0.05, 0.1) is 5.75 Å². The van der Waals surface area contributed by atoms with Crippen LogP contribution in [0.15, 0.2) is 24.3 Å². The lowest BCUT2D eigenvalue weighted by Gasteiger charge is -2.04. The molecule has 17 heavy (non-hydrogen) atoms. The van der Waals surface area contributed by atoms with Crippen molar-refractivity contribution in [3.8, 4) is 11.8 Å². The molecule has 0 fully saturated rings. The van der Waals surface area contributed by atoms with Crippen molar-refractivity contribution >= 4 is 17.7 Å². The van der Waals surface area contributed by atoms with Crippen LogP contribution in [0.1, 0.15) is 11.1 Å². The number of thioether (sulfide) groups is 1. The molecule has 0 saturated heterocycles. The van der Waals surface area contributed by atoms with E-state index >= 15 is 0 Å². The molecule has 0 heterocycles. The first-order valence-electron chi connectivity index (χ1n) is 5.20. The third-order valence-electron chi connectivity index (χ3n) is 2.03. The zero-order valence-electron chi connectivity index (χ0n) is 9.69. The molecule has 0 spiro atoms. The van der Waals surface area contributed by atoms with Crippen molar-refractivity contribution in [3.63, 3.8) is 0 Å². The molecule has 0 saturated carbocycles. The standard InChI is InChI=1S/C13H15NO2S/c1-17-10-13(16)14-9-12-6-4-11(5-7-12)3-2-8-15/h4-7,15H,8-10H2,1H3,(H,14,16). The van der Waals surface area contributed by atoms with Gasteiger partial charge in [0.25, 0.3) is 0 Å². The van der Waals surface area contributed by atoms with Gasteiger partial charge in [0.15, 0.2) is 0 Å². The molecule has 3 nitrogen and oxygen atoms in total. The Hall–Kier alpha value is -1.44. The van der Waals surface area contributed by atoms with Gasteiger partial charge in [-0.15, -0.1) is 0 Å². The van der Waals surface area contributed by atoms with Crippen LogP contribution < -0.4 is 5.32 Å². The normalized spacial score (nSPS) is 9.29. The Balaban J connectivity index is 2.48. The fourth-order valence-electron chi connectivity index (χ4n) is 1.23. The van der Waals surface area contributed by atoms with E-state index in [0.717, 1.165) is 11.1 Å². The van der Waals surface area contributed by atoms with Gasteiger partial charge in [-0.25, -0.2) is 0 Å². The van der Waals surface area contributed by atoms with Crippen LogP contribution in [0.5, 0.6) is 0 Å². The number of amides is 1. The Morgan fingerprint density at radius 3 is 2.71 bits per heavy atom. The fraction of sp³-hybridized carbons (Fsp3) is 0.308. The smallest absolute Gasteiger partial charge is 0.230 e. The van der Waals surface area contributed by atoms with Gasteiger partial charge in [0, 0.05) is 12.1 Å². The first kappa shape index (κ1) is 13.6. The summed E-state index contributed by atoms with van der Waals surface area (Å²) in [5, 5.41) is 11.4. The summed E-state index contributed by atoms with van der Waals surface area (Å²) in [6, 6.07) is 7.58. The molecule has 0 unspecified atom stereocenters. The number of aliphatic hydroxyl groups is 1. The van der Waals surface area contributed by atoms with E-state index in [1.165, 1.54) is 11.8 Å². The number of hydrogen-bond donors (Lipinski definition) is 2. The van der Waals surface area contributed by atoms with Gasteiger partial charge in [-0.2, -0.15) is 11.8 Å². The Morgan fingerprint density at radius 1 is 1.41 bits per heavy atom. The molecule has 1 rings (SSSR count). The average molecular weight is 249 g/mol. The van der Waals surface area contributed by atoms with E-state index in [-0.39, 0.29) is 12.5 Å². The maximum Gasteiger partial charge on any atom is 0.230 e. The Kier molecular flexibility index (Phi) is 6.23. The highest BCUT2D eigenvalue weighted by atomic mass is 32.2. The summed E-state index contributed by atoms with van der Waals surface area (Å²) in [5.41, 5.74) is 1.90. The van der Waals surface area contributed by atoms with E-state index < -0.39 is 0 Å². The summed E-state index contributed by atoms with van der Waals surface area (Å²) < 4.78 is 0. The second-order valence-corrected chi connectivity index (χ2v) is 4.23. The van der Waals surface area contributed by atoms with E-state index in [9.17, 15) is 4.79 Å². The summed E-state index contributed by atoms with van der Waals surface area (Å²) in [7, 11) is 0. The van der Waals surface area contributed by atoms with Crippen LogP contribution in [0.25, 0.3) is 0 Å². The van der Waals surface area contributed by atoms with E-state index in [1.807, 2.05) is 30.5 Å². The lowest BCUT2D eigenvalue weighted by Crippen LogP contribution is -2.24. The molecule has 90 valence electrons. The molecule has 0 aliphatic heterocycles. The number of nitrogens with one attached hydrogen (secondary N) is 1. The quantitative estimate of drug-likeness (QED) is 0.783. The molecule has 0 atom stereocenters. The molecule has 4 heteroatoms. The van der Waals surface area contributed by atoms with Gasteiger partial charge in [0.2, 0.25) is 5.91 Å². The molecule has 2 N–H and O–H groups in total. The minimum atomic E-state index is -0.132. The molecule has 0 aromatic heterocycles. The van der Waals surface area contributed by atoms with Crippen LogP contribution in [0.4, 0.5) is 0 Å². The Morgan fingerprint density at radius 2 is 2.12 bits per heavy atom. The number of rotatable bonds is 4. The zero-order valence-corrected chi connectivity index (χ0v) is 10.5. The highest BCUT2D eigenvalue weighted by Gasteiger charge is 1.99. The highest BCUT2D eigenvalue weighted by molar-refractivity contribution is 7.99. The molecular weight excluding hydrogens is 234 g/mol. The van der Waals surface area contributed by atoms with Crippen molar-refractivity contribution in [2.45, 2.75) is 6.54 Å². The van der Waals surface area contributed by atoms with Gasteiger partial charge in [-0.05, 0) is 24.0 Å². The molecular formula is C13H15NO2S. The summed E-state index contributed by atoms with van der Waals surface area (Å²) in [6.07, 6.45) is 1.90. The molecule has 0 aliphatic carbocycles. The summed E-state index contributed by atoms with van der Waals surface area (Å²) >= 11 is 1.50. The number of carbonyl (C=O) groups excluding carboxylic acids is 1. The minimum Gasteiger partial charge on any atom is -0.384 e. The maximum atomic E-state index is 11.2. The zero-order chi connectivity index (χ0) is 12.5. The van der Waals surface area contributed by atoms with Gasteiger partial charge in [-0.1, -0.05) is 24.0 Å². The van der Waals surface area contributed by atoms with Crippen LogP contribution in [0.3, 0.4) is 0 Å². The fourth-order valence-corrected chi connectivity index (χ4v) is 1.59. The highest BCUT2D eigenvalue weighted by Crippen LogP contribution is 2.03. The van der Waals surface area contributed by atoms with Crippen molar-refractivity contribution in [3.05, 3.63) is 35.4 Å². The molecule has 1 amide bonds. The van der Waals surface area contributed by atoms with Crippen molar-refractivity contribution in [2.75, 3.05) is 18.6 Å². The van der Waals surface area contributed by atoms with E-state index in [2.05, 4.69) is 17.2 Å². The van der Waals surface area contributed by atoms with E-state index in [1.54, 1.807) is 0 Å². The molecule has 0 aliphatic rings. The second-order valence-electron chi connectivity index (χ2n) is 3.37. The molecule has 0 bridgehead atoms. The first-order chi connectivity index (χ1) is 8.26. The lowest BCUT2D eigenvalue weighted by molar-refractivity contribution is -0.118. The van der Waals surface area contributed by atoms with Crippen LogP contribution in [-0.4, -0.2) is 29.6 Å². The topological polar surface area (TPSA) is 49.3 Å². The number of hydrogen-bond acceptors (Lipinski definition) is 3. The first-order valence-corrected chi connectivity index (χ1v) is 6.60. The van der Waals surface area contributed by atoms with E-state index in [4.69, 9.17) is 5.11 Å². The van der Waals surface area contributed by atoms with Gasteiger partial charge >= 0.3 is 0 Å². The average Bonchev–Trinajstić information content (AvgIpc) is 2.35. The third-order valence-corrected chi connectivity index (χ3v) is 2.58.